The third-order valence-corrected chi connectivity index (χ3v) is 3.20. The second-order valence-electron chi connectivity index (χ2n) is 4.81. The first-order valence-electron chi connectivity index (χ1n) is 6.67. The van der Waals surface area contributed by atoms with Crippen LogP contribution in [0.25, 0.3) is 0 Å². The van der Waals surface area contributed by atoms with E-state index in [9.17, 15) is 9.59 Å². The number of ether oxygens (including phenoxy) is 2. The molecule has 0 aliphatic carbocycles. The normalized spacial score (nSPS) is 17.4. The van der Waals surface area contributed by atoms with Crippen molar-refractivity contribution in [2.75, 3.05) is 24.3 Å². The van der Waals surface area contributed by atoms with Crippen LogP contribution in [0.2, 0.25) is 0 Å². The summed E-state index contributed by atoms with van der Waals surface area (Å²) >= 11 is 0. The molecule has 1 aromatic rings. The number of nitrogens with one attached hydrogen (secondary N) is 2. The van der Waals surface area contributed by atoms with Crippen LogP contribution in [0.1, 0.15) is 13.3 Å². The standard InChI is InChI=1S/C14H19N3O4.ClH/c1-8-14(19)17-11-5-9(3-4-12(11)21-8)16-13(18)6-10(7-15)20-2;/h3-5,8,10H,6-7,15H2,1-2H3,(H,16,18)(H,17,19);1H. The molecule has 1 heterocycles. The minimum absolute atomic E-state index is 0. The molecule has 2 unspecified atom stereocenters. The van der Waals surface area contributed by atoms with Crippen LogP contribution in [0.15, 0.2) is 18.2 Å². The molecule has 7 nitrogen and oxygen atoms in total. The molecule has 8 heteroatoms. The summed E-state index contributed by atoms with van der Waals surface area (Å²) in [4.78, 5) is 23.4. The fraction of sp³-hybridized carbons (Fsp3) is 0.429. The minimum atomic E-state index is -0.523. The highest BCUT2D eigenvalue weighted by atomic mass is 35.5. The number of carbonyl (C=O) groups is 2. The van der Waals surface area contributed by atoms with E-state index in [1.54, 1.807) is 25.1 Å². The maximum absolute atomic E-state index is 11.9. The van der Waals surface area contributed by atoms with Crippen LogP contribution < -0.4 is 21.1 Å². The Morgan fingerprint density at radius 3 is 2.91 bits per heavy atom. The van der Waals surface area contributed by atoms with Crippen LogP contribution in [0.4, 0.5) is 11.4 Å². The SMILES string of the molecule is COC(CN)CC(=O)Nc1ccc2c(c1)NC(=O)C(C)O2.Cl. The van der Waals surface area contributed by atoms with Crippen molar-refractivity contribution in [2.45, 2.75) is 25.6 Å². The van der Waals surface area contributed by atoms with Gasteiger partial charge in [-0.2, -0.15) is 0 Å². The van der Waals surface area contributed by atoms with Crippen molar-refractivity contribution >= 4 is 35.6 Å². The molecule has 22 heavy (non-hydrogen) atoms. The van der Waals surface area contributed by atoms with Gasteiger partial charge in [-0.05, 0) is 25.1 Å². The summed E-state index contributed by atoms with van der Waals surface area (Å²) in [6.07, 6.45) is -0.666. The van der Waals surface area contributed by atoms with Gasteiger partial charge in [0, 0.05) is 19.3 Å². The highest BCUT2D eigenvalue weighted by Gasteiger charge is 2.23. The number of benzene rings is 1. The number of hydrogen-bond acceptors (Lipinski definition) is 5. The first-order valence-corrected chi connectivity index (χ1v) is 6.67. The lowest BCUT2D eigenvalue weighted by Gasteiger charge is -2.23. The van der Waals surface area contributed by atoms with Crippen molar-refractivity contribution in [3.05, 3.63) is 18.2 Å². The van der Waals surface area contributed by atoms with E-state index in [0.717, 1.165) is 0 Å². The number of anilines is 2. The Morgan fingerprint density at radius 1 is 1.55 bits per heavy atom. The number of fused-ring (bicyclic) bond motifs is 1. The predicted octanol–water partition coefficient (Wildman–Crippen LogP) is 1.13. The largest absolute Gasteiger partial charge is 0.479 e. The zero-order valence-electron chi connectivity index (χ0n) is 12.4. The monoisotopic (exact) mass is 329 g/mol. The number of methoxy groups -OCH3 is 1. The molecule has 0 fully saturated rings. The summed E-state index contributed by atoms with van der Waals surface area (Å²) in [5.41, 5.74) is 6.59. The van der Waals surface area contributed by atoms with Crippen molar-refractivity contribution in [3.8, 4) is 5.75 Å². The second kappa shape index (κ2) is 7.98. The molecule has 0 spiro atoms. The molecule has 2 amide bonds. The van der Waals surface area contributed by atoms with Gasteiger partial charge < -0.3 is 25.8 Å². The van der Waals surface area contributed by atoms with E-state index < -0.39 is 6.10 Å². The van der Waals surface area contributed by atoms with E-state index in [0.29, 0.717) is 17.1 Å². The van der Waals surface area contributed by atoms with Crippen molar-refractivity contribution in [1.29, 1.82) is 0 Å². The van der Waals surface area contributed by atoms with Crippen LogP contribution in [0, 0.1) is 0 Å². The van der Waals surface area contributed by atoms with Gasteiger partial charge in [0.1, 0.15) is 5.75 Å². The Hall–Kier alpha value is -1.83. The van der Waals surface area contributed by atoms with Gasteiger partial charge in [-0.1, -0.05) is 0 Å². The Morgan fingerprint density at radius 2 is 2.27 bits per heavy atom. The van der Waals surface area contributed by atoms with Gasteiger partial charge in [-0.15, -0.1) is 12.4 Å². The Labute approximate surface area is 134 Å². The molecule has 4 N–H and O–H groups in total. The van der Waals surface area contributed by atoms with Gasteiger partial charge >= 0.3 is 0 Å². The maximum atomic E-state index is 11.9. The molecule has 0 aromatic heterocycles. The third kappa shape index (κ3) is 4.33. The molecule has 0 saturated carbocycles. The number of rotatable bonds is 5. The smallest absolute Gasteiger partial charge is 0.265 e. The van der Waals surface area contributed by atoms with E-state index in [2.05, 4.69) is 10.6 Å². The molecule has 122 valence electrons. The molecule has 0 bridgehead atoms. The first kappa shape index (κ1) is 18.2. The number of hydrogen-bond donors (Lipinski definition) is 3. The van der Waals surface area contributed by atoms with Crippen LogP contribution >= 0.6 is 12.4 Å². The molecule has 2 atom stereocenters. The lowest BCUT2D eigenvalue weighted by Crippen LogP contribution is -2.34. The van der Waals surface area contributed by atoms with Crippen LogP contribution in [-0.4, -0.2) is 37.7 Å². The van der Waals surface area contributed by atoms with Gasteiger partial charge in [0.25, 0.3) is 5.91 Å². The van der Waals surface area contributed by atoms with Gasteiger partial charge in [0.15, 0.2) is 6.10 Å². The molecule has 2 rings (SSSR count). The molecule has 0 radical (unpaired) electrons. The van der Waals surface area contributed by atoms with Gasteiger partial charge in [-0.3, -0.25) is 9.59 Å². The molecule has 0 saturated heterocycles. The van der Waals surface area contributed by atoms with E-state index in [1.807, 2.05) is 0 Å². The molecule has 1 aliphatic rings. The third-order valence-electron chi connectivity index (χ3n) is 3.20. The maximum Gasteiger partial charge on any atom is 0.265 e. The summed E-state index contributed by atoms with van der Waals surface area (Å²) in [5.74, 6) is 0.161. The van der Waals surface area contributed by atoms with Gasteiger partial charge in [0.05, 0.1) is 18.2 Å². The first-order chi connectivity index (χ1) is 10.0. The van der Waals surface area contributed by atoms with Crippen molar-refractivity contribution < 1.29 is 19.1 Å². The topological polar surface area (TPSA) is 103 Å². The van der Waals surface area contributed by atoms with Gasteiger partial charge in [-0.25, -0.2) is 0 Å². The number of amides is 2. The highest BCUT2D eigenvalue weighted by molar-refractivity contribution is 5.99. The summed E-state index contributed by atoms with van der Waals surface area (Å²) in [7, 11) is 1.51. The van der Waals surface area contributed by atoms with Crippen molar-refractivity contribution in [3.63, 3.8) is 0 Å². The van der Waals surface area contributed by atoms with E-state index in [-0.39, 0.29) is 43.3 Å². The predicted molar refractivity (Wildman–Crippen MR) is 85.5 cm³/mol. The fourth-order valence-corrected chi connectivity index (χ4v) is 1.97. The number of carbonyl (C=O) groups excluding carboxylic acids is 2. The average molecular weight is 330 g/mol. The fourth-order valence-electron chi connectivity index (χ4n) is 1.97. The van der Waals surface area contributed by atoms with Crippen molar-refractivity contribution in [2.24, 2.45) is 5.73 Å². The van der Waals surface area contributed by atoms with E-state index in [4.69, 9.17) is 15.2 Å². The lowest BCUT2D eigenvalue weighted by molar-refractivity contribution is -0.122. The molecule has 1 aliphatic heterocycles. The number of nitrogens with two attached hydrogens (primary N) is 1. The molecule has 1 aromatic carbocycles. The summed E-state index contributed by atoms with van der Waals surface area (Å²) in [5, 5.41) is 5.46. The summed E-state index contributed by atoms with van der Waals surface area (Å²) in [6, 6.07) is 5.07. The Bertz CT molecular complexity index is 549. The molecular weight excluding hydrogens is 310 g/mol. The minimum Gasteiger partial charge on any atom is -0.479 e. The lowest BCUT2D eigenvalue weighted by atomic mass is 10.2. The van der Waals surface area contributed by atoms with Gasteiger partial charge in [0.2, 0.25) is 5.91 Å². The van der Waals surface area contributed by atoms with Crippen LogP contribution in [0.5, 0.6) is 5.75 Å². The van der Waals surface area contributed by atoms with Crippen LogP contribution in [0.3, 0.4) is 0 Å². The Kier molecular flexibility index (Phi) is 6.61. The van der Waals surface area contributed by atoms with E-state index >= 15 is 0 Å². The summed E-state index contributed by atoms with van der Waals surface area (Å²) < 4.78 is 10.5. The van der Waals surface area contributed by atoms with Crippen molar-refractivity contribution in [1.82, 2.24) is 0 Å². The molecular formula is C14H20ClN3O4. The zero-order valence-corrected chi connectivity index (χ0v) is 13.2. The summed E-state index contributed by atoms with van der Waals surface area (Å²) in [6.45, 7) is 1.95. The quantitative estimate of drug-likeness (QED) is 0.751. The highest BCUT2D eigenvalue weighted by Crippen LogP contribution is 2.32. The number of halogens is 1. The zero-order chi connectivity index (χ0) is 15.4. The van der Waals surface area contributed by atoms with Crippen LogP contribution in [-0.2, 0) is 14.3 Å². The second-order valence-corrected chi connectivity index (χ2v) is 4.81. The van der Waals surface area contributed by atoms with E-state index in [1.165, 1.54) is 7.11 Å². The Balaban J connectivity index is 0.00000242. The average Bonchev–Trinajstić information content (AvgIpc) is 2.46.